The molecule has 4 aliphatic rings. The number of aliphatic hydroxyl groups excluding tert-OH is 1. The average Bonchev–Trinajstić information content (AvgIpc) is 3.30. The molecule has 0 spiro atoms. The molecular weight excluding hydrogens is 910 g/mol. The number of benzene rings is 1. The molecular formula is C52H76BrNO12. The summed E-state index contributed by atoms with van der Waals surface area (Å²) in [6.45, 7) is 11.8. The Labute approximate surface area is 401 Å². The van der Waals surface area contributed by atoms with E-state index >= 15 is 0 Å². The van der Waals surface area contributed by atoms with Gasteiger partial charge in [-0.1, -0.05) is 85.6 Å². The molecule has 0 unspecified atom stereocenters. The third-order valence-electron chi connectivity index (χ3n) is 14.5. The van der Waals surface area contributed by atoms with Crippen molar-refractivity contribution in [2.75, 3.05) is 34.5 Å². The lowest BCUT2D eigenvalue weighted by Gasteiger charge is -2.47. The quantitative estimate of drug-likeness (QED) is 0.132. The summed E-state index contributed by atoms with van der Waals surface area (Å²) in [5.41, 5.74) is 2.77. The van der Waals surface area contributed by atoms with Gasteiger partial charge in [0, 0.05) is 56.5 Å². The standard InChI is InChI=1S/C52H76BrNO12/c1-10-38-25-31(2)24-32(3)26-45(62-8)48-46(63-9)28-34(5)52(60,66-48)49(57)50(58)54-22-12-11-15-40(54)51(59)65-47(35(6)41(55)30-42(38)56)33(4)27-37-18-21-43(44(29-37)61-7)64-23-13-14-36-16-19-39(53)20-17-36/h13-14,16-17,19-20,25,27,32,34-35,37-38,40-41,43-48,55,60H,10-12,15,18,21-24,26,28-30H2,1-9H3/b14-13+,31-25+,33-27+/t32-,34+,35+,37-,38+,40-,41-,43+,44+,45-,46-,47+,48+,52+/m0/s1. The first-order valence-electron chi connectivity index (χ1n) is 24.1. The van der Waals surface area contributed by atoms with Crippen LogP contribution in [0.5, 0.6) is 0 Å². The Bertz CT molecular complexity index is 1880. The molecule has 14 heteroatoms. The first-order chi connectivity index (χ1) is 31.4. The van der Waals surface area contributed by atoms with Crippen molar-refractivity contribution >= 4 is 45.4 Å². The minimum atomic E-state index is -2.51. The summed E-state index contributed by atoms with van der Waals surface area (Å²) in [6.07, 6.45) is 8.84. The monoisotopic (exact) mass is 985 g/mol. The summed E-state index contributed by atoms with van der Waals surface area (Å²) in [6, 6.07) is 6.90. The van der Waals surface area contributed by atoms with Crippen molar-refractivity contribution in [1.29, 1.82) is 0 Å². The van der Waals surface area contributed by atoms with Crippen molar-refractivity contribution in [2.24, 2.45) is 29.6 Å². The van der Waals surface area contributed by atoms with E-state index in [0.29, 0.717) is 50.7 Å². The predicted molar refractivity (Wildman–Crippen MR) is 255 cm³/mol. The van der Waals surface area contributed by atoms with Crippen LogP contribution in [0.25, 0.3) is 6.08 Å². The van der Waals surface area contributed by atoms with Crippen LogP contribution in [0.4, 0.5) is 0 Å². The van der Waals surface area contributed by atoms with Gasteiger partial charge >= 0.3 is 5.97 Å². The number of halogens is 1. The van der Waals surface area contributed by atoms with Crippen molar-refractivity contribution in [2.45, 2.75) is 167 Å². The number of cyclic esters (lactones) is 1. The fraction of sp³-hybridized carbons (Fsp3) is 0.692. The second-order valence-corrected chi connectivity index (χ2v) is 20.3. The lowest BCUT2D eigenvalue weighted by molar-refractivity contribution is -0.302. The third-order valence-corrected chi connectivity index (χ3v) is 15.0. The van der Waals surface area contributed by atoms with Gasteiger partial charge in [0.2, 0.25) is 5.79 Å². The summed E-state index contributed by atoms with van der Waals surface area (Å²) in [5, 5.41) is 24.0. The van der Waals surface area contributed by atoms with Crippen molar-refractivity contribution in [3.8, 4) is 0 Å². The maximum atomic E-state index is 14.5. The molecule has 5 rings (SSSR count). The van der Waals surface area contributed by atoms with E-state index in [1.807, 2.05) is 63.3 Å². The first-order valence-corrected chi connectivity index (χ1v) is 24.9. The van der Waals surface area contributed by atoms with Crippen molar-refractivity contribution in [1.82, 2.24) is 4.90 Å². The maximum absolute atomic E-state index is 14.5. The number of piperidine rings is 1. The van der Waals surface area contributed by atoms with Crippen LogP contribution in [0.3, 0.4) is 0 Å². The first kappa shape index (κ1) is 53.9. The number of hydrogen-bond acceptors (Lipinski definition) is 12. The molecule has 0 radical (unpaired) electrons. The second-order valence-electron chi connectivity index (χ2n) is 19.4. The van der Waals surface area contributed by atoms with Gasteiger partial charge in [-0.25, -0.2) is 4.79 Å². The van der Waals surface area contributed by atoms with Crippen molar-refractivity contribution in [3.63, 3.8) is 0 Å². The predicted octanol–water partition coefficient (Wildman–Crippen LogP) is 7.97. The molecule has 2 saturated heterocycles. The summed E-state index contributed by atoms with van der Waals surface area (Å²) in [4.78, 5) is 58.4. The van der Waals surface area contributed by atoms with Gasteiger partial charge in [-0.2, -0.15) is 0 Å². The van der Waals surface area contributed by atoms with Crippen LogP contribution in [0, 0.1) is 29.6 Å². The number of ketones is 2. The Morgan fingerprint density at radius 1 is 0.909 bits per heavy atom. The Morgan fingerprint density at radius 2 is 1.59 bits per heavy atom. The van der Waals surface area contributed by atoms with Crippen molar-refractivity contribution < 1.29 is 57.8 Å². The zero-order chi connectivity index (χ0) is 48.3. The van der Waals surface area contributed by atoms with E-state index in [-0.39, 0.29) is 55.6 Å². The highest BCUT2D eigenvalue weighted by Gasteiger charge is 2.56. The van der Waals surface area contributed by atoms with Crippen LogP contribution >= 0.6 is 15.9 Å². The molecule has 3 fully saturated rings. The van der Waals surface area contributed by atoms with E-state index in [2.05, 4.69) is 28.9 Å². The average molecular weight is 987 g/mol. The van der Waals surface area contributed by atoms with Crippen LogP contribution < -0.4 is 0 Å². The largest absolute Gasteiger partial charge is 0.456 e. The number of fused-ring (bicyclic) bond motifs is 3. The lowest BCUT2D eigenvalue weighted by atomic mass is 9.81. The van der Waals surface area contributed by atoms with Crippen molar-refractivity contribution in [3.05, 3.63) is 63.7 Å². The zero-order valence-corrected chi connectivity index (χ0v) is 42.2. The number of nitrogens with zero attached hydrogens (tertiary/aromatic N) is 1. The maximum Gasteiger partial charge on any atom is 0.329 e. The number of methoxy groups -OCH3 is 3. The molecule has 1 saturated carbocycles. The van der Waals surface area contributed by atoms with E-state index < -0.39 is 77.8 Å². The number of amides is 1. The lowest BCUT2D eigenvalue weighted by Crippen LogP contribution is -2.64. The summed E-state index contributed by atoms with van der Waals surface area (Å²) in [7, 11) is 4.76. The van der Waals surface area contributed by atoms with Crippen LogP contribution in [0.1, 0.15) is 118 Å². The number of rotatable bonds is 10. The smallest absolute Gasteiger partial charge is 0.329 e. The topological polar surface area (TPSA) is 167 Å². The summed E-state index contributed by atoms with van der Waals surface area (Å²) in [5.74, 6) is -7.45. The number of hydrogen-bond donors (Lipinski definition) is 2. The number of carbonyl (C=O) groups is 4. The van der Waals surface area contributed by atoms with Gasteiger partial charge in [-0.15, -0.1) is 0 Å². The molecule has 1 aliphatic carbocycles. The van der Waals surface area contributed by atoms with E-state index in [0.717, 1.165) is 28.5 Å². The number of Topliss-reactive ketones (excluding diaryl/α,β-unsaturated/α-hetero) is 2. The summed E-state index contributed by atoms with van der Waals surface area (Å²) < 4.78 is 37.7. The molecule has 66 heavy (non-hydrogen) atoms. The Balaban J connectivity index is 1.44. The number of aliphatic hydroxyl groups is 2. The normalized spacial score (nSPS) is 37.2. The fourth-order valence-corrected chi connectivity index (χ4v) is 10.8. The van der Waals surface area contributed by atoms with E-state index in [1.165, 1.54) is 19.1 Å². The van der Waals surface area contributed by atoms with Crippen LogP contribution in [-0.2, 0) is 47.6 Å². The minimum absolute atomic E-state index is 0.0317. The molecule has 1 amide bonds. The van der Waals surface area contributed by atoms with Gasteiger partial charge in [-0.3, -0.25) is 14.4 Å². The molecule has 368 valence electrons. The molecule has 3 heterocycles. The Morgan fingerprint density at radius 3 is 2.26 bits per heavy atom. The van der Waals surface area contributed by atoms with Crippen LogP contribution in [0.2, 0.25) is 0 Å². The van der Waals surface area contributed by atoms with Gasteiger partial charge in [-0.05, 0) is 113 Å². The highest BCUT2D eigenvalue weighted by molar-refractivity contribution is 9.10. The number of allylic oxidation sites excluding steroid dienone is 3. The Kier molecular flexibility index (Phi) is 20.4. The van der Waals surface area contributed by atoms with Crippen LogP contribution in [0.15, 0.2) is 58.1 Å². The van der Waals surface area contributed by atoms with E-state index in [1.54, 1.807) is 21.0 Å². The molecule has 14 atom stereocenters. The molecule has 13 nitrogen and oxygen atoms in total. The highest BCUT2D eigenvalue weighted by atomic mass is 79.9. The van der Waals surface area contributed by atoms with Gasteiger partial charge < -0.3 is 43.5 Å². The van der Waals surface area contributed by atoms with Gasteiger partial charge in [0.15, 0.2) is 0 Å². The molecule has 1 aromatic rings. The Hall–Kier alpha value is -3.08. The number of esters is 1. The SMILES string of the molecule is CC[C@@H]1/C=C(\C)C[C@H](C)C[C@H](OC)[C@H]2O[C@@](O)(C(=O)C(=O)N3CCCC[C@H]3C(=O)O[C@H](/C(C)=C/[C@@H]3CC[C@@H](OC/C=C/c4ccc(Br)cc4)[C@H](OC)C3)[C@H](C)[C@@H](O)CC1=O)[C@H](C)C[C@@H]2OC. The van der Waals surface area contributed by atoms with Gasteiger partial charge in [0.05, 0.1) is 37.1 Å². The van der Waals surface area contributed by atoms with Crippen LogP contribution in [-0.4, -0.2) is 128 Å². The zero-order valence-electron chi connectivity index (χ0n) is 40.6. The second kappa shape index (κ2) is 25.0. The fourth-order valence-electron chi connectivity index (χ4n) is 10.5. The molecule has 1 aromatic carbocycles. The number of carbonyl (C=O) groups excluding carboxylic acids is 4. The minimum Gasteiger partial charge on any atom is -0.456 e. The molecule has 2 bridgehead atoms. The van der Waals surface area contributed by atoms with Gasteiger partial charge in [0.25, 0.3) is 11.7 Å². The van der Waals surface area contributed by atoms with Gasteiger partial charge in [0.1, 0.15) is 24.0 Å². The molecule has 3 aliphatic heterocycles. The van der Waals surface area contributed by atoms with E-state index in [4.69, 9.17) is 28.4 Å². The third kappa shape index (κ3) is 13.6. The highest BCUT2D eigenvalue weighted by Crippen LogP contribution is 2.39. The molecule has 2 N–H and O–H groups in total. The summed E-state index contributed by atoms with van der Waals surface area (Å²) >= 11 is 3.47. The molecule has 0 aromatic heterocycles. The number of ether oxygens (including phenoxy) is 6. The van der Waals surface area contributed by atoms with E-state index in [9.17, 15) is 29.4 Å².